The standard InChI is InChI=1S/C20H16N2O2/c1-12-2-4-13(5-3-12)20-22-17-11-15(7-9-19(17)24-20)14-6-8-18(23)16(21)10-14/h2-11,23H,21H2,1H3. The van der Waals surface area contributed by atoms with Crippen LogP contribution in [0.2, 0.25) is 0 Å². The zero-order chi connectivity index (χ0) is 16.7. The van der Waals surface area contributed by atoms with Gasteiger partial charge in [-0.15, -0.1) is 0 Å². The van der Waals surface area contributed by atoms with Crippen LogP contribution in [0.3, 0.4) is 0 Å². The van der Waals surface area contributed by atoms with Crippen molar-refractivity contribution in [3.05, 3.63) is 66.2 Å². The van der Waals surface area contributed by atoms with Crippen LogP contribution in [-0.2, 0) is 0 Å². The van der Waals surface area contributed by atoms with E-state index in [2.05, 4.69) is 4.98 Å². The second-order valence-corrected chi connectivity index (χ2v) is 5.84. The van der Waals surface area contributed by atoms with Gasteiger partial charge in [-0.25, -0.2) is 4.98 Å². The van der Waals surface area contributed by atoms with Crippen LogP contribution in [0.1, 0.15) is 5.56 Å². The number of aromatic hydroxyl groups is 1. The van der Waals surface area contributed by atoms with E-state index in [0.717, 1.165) is 27.8 Å². The number of phenols is 1. The molecule has 4 rings (SSSR count). The number of nitrogens with two attached hydrogens (primary N) is 1. The molecule has 118 valence electrons. The molecule has 3 aromatic carbocycles. The third kappa shape index (κ3) is 2.48. The van der Waals surface area contributed by atoms with Gasteiger partial charge < -0.3 is 15.3 Å². The molecule has 1 heterocycles. The molecule has 0 spiro atoms. The summed E-state index contributed by atoms with van der Waals surface area (Å²) in [4.78, 5) is 4.59. The summed E-state index contributed by atoms with van der Waals surface area (Å²) in [5, 5.41) is 9.56. The number of aromatic nitrogens is 1. The number of fused-ring (bicyclic) bond motifs is 1. The SMILES string of the molecule is Cc1ccc(-c2nc3cc(-c4ccc(O)c(N)c4)ccc3o2)cc1. The van der Waals surface area contributed by atoms with Gasteiger partial charge in [-0.1, -0.05) is 29.8 Å². The van der Waals surface area contributed by atoms with Gasteiger partial charge in [0.15, 0.2) is 5.58 Å². The minimum atomic E-state index is 0.0860. The molecule has 0 aliphatic heterocycles. The Balaban J connectivity index is 1.78. The molecule has 0 atom stereocenters. The Kier molecular flexibility index (Phi) is 3.24. The Morgan fingerprint density at radius 1 is 0.875 bits per heavy atom. The fourth-order valence-corrected chi connectivity index (χ4v) is 2.66. The smallest absolute Gasteiger partial charge is 0.227 e. The summed E-state index contributed by atoms with van der Waals surface area (Å²) in [6.07, 6.45) is 0. The highest BCUT2D eigenvalue weighted by Gasteiger charge is 2.10. The third-order valence-corrected chi connectivity index (χ3v) is 4.05. The number of nitrogen functional groups attached to an aromatic ring is 1. The molecule has 0 saturated carbocycles. The number of rotatable bonds is 2. The summed E-state index contributed by atoms with van der Waals surface area (Å²) < 4.78 is 5.85. The molecule has 3 N–H and O–H groups in total. The lowest BCUT2D eigenvalue weighted by molar-refractivity contribution is 0.478. The van der Waals surface area contributed by atoms with Gasteiger partial charge in [-0.05, 0) is 54.4 Å². The van der Waals surface area contributed by atoms with Crippen molar-refractivity contribution in [1.82, 2.24) is 4.98 Å². The average Bonchev–Trinajstić information content (AvgIpc) is 3.01. The molecule has 24 heavy (non-hydrogen) atoms. The predicted molar refractivity (Wildman–Crippen MR) is 95.7 cm³/mol. The van der Waals surface area contributed by atoms with E-state index < -0.39 is 0 Å². The van der Waals surface area contributed by atoms with E-state index in [9.17, 15) is 5.11 Å². The van der Waals surface area contributed by atoms with Crippen molar-refractivity contribution in [2.75, 3.05) is 5.73 Å². The first kappa shape index (κ1) is 14.3. The van der Waals surface area contributed by atoms with Crippen LogP contribution in [0, 0.1) is 6.92 Å². The van der Waals surface area contributed by atoms with Gasteiger partial charge in [-0.2, -0.15) is 0 Å². The molecule has 0 aliphatic rings. The van der Waals surface area contributed by atoms with Crippen molar-refractivity contribution in [3.8, 4) is 28.3 Å². The minimum Gasteiger partial charge on any atom is -0.506 e. The maximum atomic E-state index is 9.56. The molecular formula is C20H16N2O2. The van der Waals surface area contributed by atoms with E-state index in [1.54, 1.807) is 12.1 Å². The molecule has 0 amide bonds. The largest absolute Gasteiger partial charge is 0.506 e. The Hall–Kier alpha value is -3.27. The Bertz CT molecular complexity index is 1030. The Morgan fingerprint density at radius 2 is 1.54 bits per heavy atom. The number of phenolic OH excluding ortho intramolecular Hbond substituents is 1. The van der Waals surface area contributed by atoms with Crippen molar-refractivity contribution in [2.24, 2.45) is 0 Å². The Morgan fingerprint density at radius 3 is 2.29 bits per heavy atom. The molecule has 0 aliphatic carbocycles. The first-order valence-corrected chi connectivity index (χ1v) is 7.67. The van der Waals surface area contributed by atoms with Crippen molar-refractivity contribution in [2.45, 2.75) is 6.92 Å². The molecule has 0 saturated heterocycles. The number of aryl methyl sites for hydroxylation is 1. The Labute approximate surface area is 139 Å². The molecule has 0 radical (unpaired) electrons. The fraction of sp³-hybridized carbons (Fsp3) is 0.0500. The molecule has 4 nitrogen and oxygen atoms in total. The monoisotopic (exact) mass is 316 g/mol. The summed E-state index contributed by atoms with van der Waals surface area (Å²) in [5.41, 5.74) is 11.7. The summed E-state index contributed by atoms with van der Waals surface area (Å²) in [5.74, 6) is 0.690. The molecule has 4 aromatic rings. The predicted octanol–water partition coefficient (Wildman–Crippen LogP) is 4.76. The van der Waals surface area contributed by atoms with Crippen molar-refractivity contribution < 1.29 is 9.52 Å². The van der Waals surface area contributed by atoms with Gasteiger partial charge in [0.2, 0.25) is 5.89 Å². The highest BCUT2D eigenvalue weighted by atomic mass is 16.3. The van der Waals surface area contributed by atoms with Crippen LogP contribution in [0.25, 0.3) is 33.7 Å². The third-order valence-electron chi connectivity index (χ3n) is 4.05. The van der Waals surface area contributed by atoms with Crippen molar-refractivity contribution >= 4 is 16.8 Å². The van der Waals surface area contributed by atoms with E-state index >= 15 is 0 Å². The zero-order valence-corrected chi connectivity index (χ0v) is 13.2. The van der Waals surface area contributed by atoms with Crippen LogP contribution in [0.15, 0.2) is 65.1 Å². The van der Waals surface area contributed by atoms with Gasteiger partial charge in [-0.3, -0.25) is 0 Å². The number of oxazole rings is 1. The summed E-state index contributed by atoms with van der Waals surface area (Å²) in [6.45, 7) is 2.05. The van der Waals surface area contributed by atoms with Crippen LogP contribution in [0.4, 0.5) is 5.69 Å². The van der Waals surface area contributed by atoms with Crippen molar-refractivity contribution in [1.29, 1.82) is 0 Å². The van der Waals surface area contributed by atoms with E-state index in [1.165, 1.54) is 5.56 Å². The molecular weight excluding hydrogens is 300 g/mol. The van der Waals surface area contributed by atoms with Gasteiger partial charge in [0.1, 0.15) is 11.3 Å². The highest BCUT2D eigenvalue weighted by Crippen LogP contribution is 2.31. The number of hydrogen-bond acceptors (Lipinski definition) is 4. The van der Waals surface area contributed by atoms with Crippen LogP contribution >= 0.6 is 0 Å². The normalized spacial score (nSPS) is 11.0. The maximum absolute atomic E-state index is 9.56. The van der Waals surface area contributed by atoms with E-state index in [4.69, 9.17) is 10.2 Å². The lowest BCUT2D eigenvalue weighted by atomic mass is 10.0. The first-order valence-electron chi connectivity index (χ1n) is 7.67. The van der Waals surface area contributed by atoms with Gasteiger partial charge in [0.25, 0.3) is 0 Å². The first-order chi connectivity index (χ1) is 11.6. The van der Waals surface area contributed by atoms with E-state index in [1.807, 2.05) is 55.5 Å². The maximum Gasteiger partial charge on any atom is 0.227 e. The number of hydrogen-bond donors (Lipinski definition) is 2. The second kappa shape index (κ2) is 5.42. The summed E-state index contributed by atoms with van der Waals surface area (Å²) >= 11 is 0. The van der Waals surface area contributed by atoms with Crippen LogP contribution < -0.4 is 5.73 Å². The van der Waals surface area contributed by atoms with Gasteiger partial charge >= 0.3 is 0 Å². The molecule has 0 fully saturated rings. The number of benzene rings is 3. The minimum absolute atomic E-state index is 0.0860. The number of anilines is 1. The molecule has 1 aromatic heterocycles. The summed E-state index contributed by atoms with van der Waals surface area (Å²) in [6, 6.07) is 19.1. The van der Waals surface area contributed by atoms with Crippen LogP contribution in [0.5, 0.6) is 5.75 Å². The molecule has 0 bridgehead atoms. The van der Waals surface area contributed by atoms with Crippen molar-refractivity contribution in [3.63, 3.8) is 0 Å². The lowest BCUT2D eigenvalue weighted by Gasteiger charge is -2.04. The topological polar surface area (TPSA) is 72.3 Å². The quantitative estimate of drug-likeness (QED) is 0.413. The fourth-order valence-electron chi connectivity index (χ4n) is 2.66. The van der Waals surface area contributed by atoms with Gasteiger partial charge in [0.05, 0.1) is 5.69 Å². The number of nitrogens with zero attached hydrogens (tertiary/aromatic N) is 1. The summed E-state index contributed by atoms with van der Waals surface area (Å²) in [7, 11) is 0. The zero-order valence-electron chi connectivity index (χ0n) is 13.2. The van der Waals surface area contributed by atoms with E-state index in [0.29, 0.717) is 11.6 Å². The lowest BCUT2D eigenvalue weighted by Crippen LogP contribution is -1.86. The molecule has 4 heteroatoms. The average molecular weight is 316 g/mol. The second-order valence-electron chi connectivity index (χ2n) is 5.84. The molecule has 0 unspecified atom stereocenters. The van der Waals surface area contributed by atoms with E-state index in [-0.39, 0.29) is 5.75 Å². The van der Waals surface area contributed by atoms with Crippen LogP contribution in [-0.4, -0.2) is 10.1 Å². The van der Waals surface area contributed by atoms with Gasteiger partial charge in [0, 0.05) is 5.56 Å². The highest BCUT2D eigenvalue weighted by molar-refractivity contribution is 5.83.